The van der Waals surface area contributed by atoms with Crippen molar-refractivity contribution in [3.8, 4) is 5.75 Å². The molecule has 4 N–H and O–H groups in total. The molecule has 4 nitrogen and oxygen atoms in total. The Bertz CT molecular complexity index is 733. The zero-order chi connectivity index (χ0) is 17.1. The Labute approximate surface area is 154 Å². The van der Waals surface area contributed by atoms with E-state index in [-0.39, 0.29) is 15.9 Å². The minimum absolute atomic E-state index is 0.111. The van der Waals surface area contributed by atoms with Gasteiger partial charge in [-0.05, 0) is 49.5 Å². The van der Waals surface area contributed by atoms with Crippen LogP contribution in [0.5, 0.6) is 5.75 Å². The summed E-state index contributed by atoms with van der Waals surface area (Å²) in [5.74, 6) is -0.160. The molecule has 1 atom stereocenters. The largest absolute Gasteiger partial charge is 0.506 e. The molecule has 0 bridgehead atoms. The van der Waals surface area contributed by atoms with Crippen LogP contribution in [0.25, 0.3) is 0 Å². The summed E-state index contributed by atoms with van der Waals surface area (Å²) >= 11 is 23.0. The smallest absolute Gasteiger partial charge is 0.175 e. The van der Waals surface area contributed by atoms with Crippen LogP contribution in [0.3, 0.4) is 0 Å². The van der Waals surface area contributed by atoms with E-state index < -0.39 is 6.10 Å². The number of aliphatic hydroxyl groups is 1. The van der Waals surface area contributed by atoms with Gasteiger partial charge in [0.25, 0.3) is 0 Å². The standard InChI is InChI=1S/C15H13Cl3N2O2S/c1-7(21)12-5-11(6-13(18)14(12)22)20-15(23)19-10-3-8(16)2-9(17)4-10/h2-7,21-22H,1H3,(H2,19,20,23). The molecule has 0 heterocycles. The number of hydrogen-bond acceptors (Lipinski definition) is 3. The molecule has 0 aromatic heterocycles. The van der Waals surface area contributed by atoms with Crippen LogP contribution >= 0.6 is 47.0 Å². The zero-order valence-electron chi connectivity index (χ0n) is 11.9. The molecule has 0 aliphatic rings. The Morgan fingerprint density at radius 2 is 1.52 bits per heavy atom. The van der Waals surface area contributed by atoms with Gasteiger partial charge in [0, 0.05) is 27.0 Å². The number of nitrogens with one attached hydrogen (secondary N) is 2. The molecular weight excluding hydrogens is 379 g/mol. The maximum atomic E-state index is 9.83. The lowest BCUT2D eigenvalue weighted by atomic mass is 10.1. The molecule has 2 rings (SSSR count). The average Bonchev–Trinajstić information content (AvgIpc) is 2.40. The van der Waals surface area contributed by atoms with Crippen LogP contribution in [-0.4, -0.2) is 15.3 Å². The monoisotopic (exact) mass is 390 g/mol. The van der Waals surface area contributed by atoms with Gasteiger partial charge in [0.2, 0.25) is 0 Å². The number of halogens is 3. The van der Waals surface area contributed by atoms with Crippen LogP contribution in [-0.2, 0) is 0 Å². The van der Waals surface area contributed by atoms with Gasteiger partial charge in [-0.3, -0.25) is 0 Å². The fourth-order valence-electron chi connectivity index (χ4n) is 1.93. The topological polar surface area (TPSA) is 64.5 Å². The second-order valence-electron chi connectivity index (χ2n) is 4.81. The lowest BCUT2D eigenvalue weighted by Crippen LogP contribution is -2.19. The van der Waals surface area contributed by atoms with Crippen molar-refractivity contribution in [1.29, 1.82) is 0 Å². The maximum absolute atomic E-state index is 9.83. The summed E-state index contributed by atoms with van der Waals surface area (Å²) in [5.41, 5.74) is 1.45. The SMILES string of the molecule is CC(O)c1cc(NC(=S)Nc2cc(Cl)cc(Cl)c2)cc(Cl)c1O. The molecule has 0 fully saturated rings. The molecule has 2 aromatic rings. The molecule has 0 amide bonds. The van der Waals surface area contributed by atoms with E-state index in [1.54, 1.807) is 24.3 Å². The van der Waals surface area contributed by atoms with Gasteiger partial charge in [-0.2, -0.15) is 0 Å². The van der Waals surface area contributed by atoms with Crippen molar-refractivity contribution in [3.63, 3.8) is 0 Å². The number of phenols is 1. The second-order valence-corrected chi connectivity index (χ2v) is 6.50. The highest BCUT2D eigenvalue weighted by Crippen LogP contribution is 2.35. The number of aliphatic hydroxyl groups excluding tert-OH is 1. The van der Waals surface area contributed by atoms with Crippen molar-refractivity contribution in [1.82, 2.24) is 0 Å². The minimum Gasteiger partial charge on any atom is -0.506 e. The highest BCUT2D eigenvalue weighted by Gasteiger charge is 2.13. The van der Waals surface area contributed by atoms with Gasteiger partial charge in [-0.1, -0.05) is 34.8 Å². The molecule has 122 valence electrons. The van der Waals surface area contributed by atoms with E-state index >= 15 is 0 Å². The fraction of sp³-hybridized carbons (Fsp3) is 0.133. The third-order valence-electron chi connectivity index (χ3n) is 2.92. The first-order valence-electron chi connectivity index (χ1n) is 6.51. The maximum Gasteiger partial charge on any atom is 0.175 e. The average molecular weight is 392 g/mol. The number of thiocarbonyl (C=S) groups is 1. The van der Waals surface area contributed by atoms with Gasteiger partial charge < -0.3 is 20.8 Å². The number of anilines is 2. The lowest BCUT2D eigenvalue weighted by Gasteiger charge is -2.15. The van der Waals surface area contributed by atoms with E-state index in [0.29, 0.717) is 27.0 Å². The third kappa shape index (κ3) is 4.86. The molecule has 1 unspecified atom stereocenters. The van der Waals surface area contributed by atoms with Gasteiger partial charge in [0.1, 0.15) is 5.75 Å². The molecule has 0 spiro atoms. The summed E-state index contributed by atoms with van der Waals surface area (Å²) in [5, 5.41) is 26.7. The number of rotatable bonds is 3. The highest BCUT2D eigenvalue weighted by atomic mass is 35.5. The normalized spacial score (nSPS) is 11.9. The van der Waals surface area contributed by atoms with Gasteiger partial charge in [0.05, 0.1) is 11.1 Å². The molecule has 0 saturated carbocycles. The lowest BCUT2D eigenvalue weighted by molar-refractivity contribution is 0.195. The van der Waals surface area contributed by atoms with Gasteiger partial charge in [0.15, 0.2) is 5.11 Å². The zero-order valence-corrected chi connectivity index (χ0v) is 15.0. The van der Waals surface area contributed by atoms with Crippen molar-refractivity contribution >= 4 is 63.5 Å². The van der Waals surface area contributed by atoms with E-state index in [4.69, 9.17) is 47.0 Å². The third-order valence-corrected chi connectivity index (χ3v) is 3.85. The molecule has 0 aliphatic carbocycles. The first kappa shape index (κ1) is 18.1. The Hall–Kier alpha value is -1.24. The molecule has 0 radical (unpaired) electrons. The van der Waals surface area contributed by atoms with E-state index in [2.05, 4.69) is 10.6 Å². The number of hydrogen-bond donors (Lipinski definition) is 4. The molecule has 23 heavy (non-hydrogen) atoms. The van der Waals surface area contributed by atoms with E-state index in [9.17, 15) is 10.2 Å². The predicted molar refractivity (Wildman–Crippen MR) is 100 cm³/mol. The Morgan fingerprint density at radius 3 is 2.04 bits per heavy atom. The molecular formula is C15H13Cl3N2O2S. The van der Waals surface area contributed by atoms with Gasteiger partial charge >= 0.3 is 0 Å². The summed E-state index contributed by atoms with van der Waals surface area (Å²) < 4.78 is 0. The fourth-order valence-corrected chi connectivity index (χ4v) is 2.92. The summed E-state index contributed by atoms with van der Waals surface area (Å²) in [6, 6.07) is 8.02. The predicted octanol–water partition coefficient (Wildman–Crippen LogP) is 5.21. The molecule has 0 aliphatic heterocycles. The minimum atomic E-state index is -0.873. The quantitative estimate of drug-likeness (QED) is 0.427. The summed E-state index contributed by atoms with van der Waals surface area (Å²) in [6.45, 7) is 1.53. The highest BCUT2D eigenvalue weighted by molar-refractivity contribution is 7.80. The number of phenolic OH excluding ortho intramolecular Hbond substituents is 1. The van der Waals surface area contributed by atoms with E-state index in [1.807, 2.05) is 0 Å². The van der Waals surface area contributed by atoms with Gasteiger partial charge in [-0.15, -0.1) is 0 Å². The first-order chi connectivity index (χ1) is 10.8. The summed E-state index contributed by atoms with van der Waals surface area (Å²) in [4.78, 5) is 0. The Kier molecular flexibility index (Phi) is 5.95. The Balaban J connectivity index is 2.17. The molecule has 2 aromatic carbocycles. The van der Waals surface area contributed by atoms with Crippen molar-refractivity contribution < 1.29 is 10.2 Å². The van der Waals surface area contributed by atoms with Crippen molar-refractivity contribution in [3.05, 3.63) is 51.0 Å². The molecule has 0 saturated heterocycles. The van der Waals surface area contributed by atoms with Crippen LogP contribution in [0.2, 0.25) is 15.1 Å². The summed E-state index contributed by atoms with van der Waals surface area (Å²) in [7, 11) is 0. The number of benzene rings is 2. The summed E-state index contributed by atoms with van der Waals surface area (Å²) in [6.07, 6.45) is -0.873. The van der Waals surface area contributed by atoms with Crippen LogP contribution in [0.15, 0.2) is 30.3 Å². The van der Waals surface area contributed by atoms with Crippen molar-refractivity contribution in [2.75, 3.05) is 10.6 Å². The van der Waals surface area contributed by atoms with Crippen molar-refractivity contribution in [2.24, 2.45) is 0 Å². The Morgan fingerprint density at radius 1 is 1.00 bits per heavy atom. The van der Waals surface area contributed by atoms with Crippen LogP contribution < -0.4 is 10.6 Å². The first-order valence-corrected chi connectivity index (χ1v) is 8.05. The molecule has 8 heteroatoms. The van der Waals surface area contributed by atoms with E-state index in [1.165, 1.54) is 13.0 Å². The van der Waals surface area contributed by atoms with Crippen LogP contribution in [0.1, 0.15) is 18.6 Å². The van der Waals surface area contributed by atoms with Crippen LogP contribution in [0, 0.1) is 0 Å². The van der Waals surface area contributed by atoms with Crippen molar-refractivity contribution in [2.45, 2.75) is 13.0 Å². The van der Waals surface area contributed by atoms with Crippen LogP contribution in [0.4, 0.5) is 11.4 Å². The van der Waals surface area contributed by atoms with Gasteiger partial charge in [-0.25, -0.2) is 0 Å². The van der Waals surface area contributed by atoms with E-state index in [0.717, 1.165) is 0 Å². The second kappa shape index (κ2) is 7.55. The number of aromatic hydroxyl groups is 1.